The molecule has 5 nitrogen and oxygen atoms in total. The molecule has 5 heteroatoms. The maximum atomic E-state index is 12.5. The summed E-state index contributed by atoms with van der Waals surface area (Å²) in [5.74, 6) is 0.159. The second kappa shape index (κ2) is 5.10. The average Bonchev–Trinajstić information content (AvgIpc) is 3.09. The van der Waals surface area contributed by atoms with E-state index in [0.29, 0.717) is 0 Å². The van der Waals surface area contributed by atoms with Crippen molar-refractivity contribution in [3.63, 3.8) is 0 Å². The summed E-state index contributed by atoms with van der Waals surface area (Å²) in [6, 6.07) is 2.11. The second-order valence-electron chi connectivity index (χ2n) is 5.06. The maximum absolute atomic E-state index is 12.5. The summed E-state index contributed by atoms with van der Waals surface area (Å²) in [4.78, 5) is 14.4. The number of hydrogen-bond acceptors (Lipinski definition) is 3. The second-order valence-corrected chi connectivity index (χ2v) is 5.06. The quantitative estimate of drug-likeness (QED) is 0.867. The molecule has 0 saturated carbocycles. The van der Waals surface area contributed by atoms with Gasteiger partial charge < -0.3 is 9.64 Å². The normalized spacial score (nSPS) is 28.6. The molecular weight excluding hydrogens is 230 g/mol. The van der Waals surface area contributed by atoms with Gasteiger partial charge in [0.2, 0.25) is 0 Å². The van der Waals surface area contributed by atoms with Crippen LogP contribution < -0.4 is 0 Å². The Morgan fingerprint density at radius 3 is 3.06 bits per heavy atom. The minimum Gasteiger partial charge on any atom is -0.368 e. The summed E-state index contributed by atoms with van der Waals surface area (Å²) in [5, 5.41) is 6.96. The summed E-state index contributed by atoms with van der Waals surface area (Å²) in [6.45, 7) is 1.56. The highest BCUT2D eigenvalue weighted by atomic mass is 16.5. The van der Waals surface area contributed by atoms with Crippen LogP contribution in [0.3, 0.4) is 0 Å². The number of likely N-dealkylation sites (tertiary alicyclic amines) is 1. The highest BCUT2D eigenvalue weighted by Gasteiger charge is 2.35. The maximum Gasteiger partial charge on any atom is 0.252 e. The van der Waals surface area contributed by atoms with Crippen LogP contribution in [0.5, 0.6) is 0 Å². The van der Waals surface area contributed by atoms with E-state index in [-0.39, 0.29) is 18.1 Å². The smallest absolute Gasteiger partial charge is 0.252 e. The van der Waals surface area contributed by atoms with Gasteiger partial charge in [-0.1, -0.05) is 0 Å². The summed E-state index contributed by atoms with van der Waals surface area (Å²) < 4.78 is 5.60. The van der Waals surface area contributed by atoms with Gasteiger partial charge in [-0.25, -0.2) is 0 Å². The van der Waals surface area contributed by atoms with E-state index in [2.05, 4.69) is 10.2 Å². The molecule has 98 valence electrons. The molecule has 0 aliphatic carbocycles. The van der Waals surface area contributed by atoms with Crippen molar-refractivity contribution in [1.82, 2.24) is 15.1 Å². The third kappa shape index (κ3) is 2.14. The number of nitrogens with zero attached hydrogens (tertiary/aromatic N) is 2. The number of ether oxygens (including phenoxy) is 1. The van der Waals surface area contributed by atoms with E-state index in [9.17, 15) is 4.79 Å². The highest BCUT2D eigenvalue weighted by molar-refractivity contribution is 5.81. The molecule has 1 N–H and O–H groups in total. The Labute approximate surface area is 107 Å². The Bertz CT molecular complexity index is 398. The van der Waals surface area contributed by atoms with Crippen molar-refractivity contribution in [2.75, 3.05) is 13.2 Å². The van der Waals surface area contributed by atoms with Crippen molar-refractivity contribution in [2.24, 2.45) is 0 Å². The van der Waals surface area contributed by atoms with E-state index in [1.54, 1.807) is 6.20 Å². The molecule has 1 amide bonds. The fourth-order valence-electron chi connectivity index (χ4n) is 2.93. The van der Waals surface area contributed by atoms with Gasteiger partial charge in [-0.3, -0.25) is 9.89 Å². The van der Waals surface area contributed by atoms with Crippen LogP contribution in [0.15, 0.2) is 12.3 Å². The molecule has 2 unspecified atom stereocenters. The molecule has 2 fully saturated rings. The molecule has 0 radical (unpaired) electrons. The first-order valence-corrected chi connectivity index (χ1v) is 6.77. The fraction of sp³-hybridized carbons (Fsp3) is 0.692. The zero-order valence-corrected chi connectivity index (χ0v) is 10.5. The van der Waals surface area contributed by atoms with E-state index in [1.807, 2.05) is 11.0 Å². The molecule has 0 aromatic carbocycles. The third-order valence-electron chi connectivity index (χ3n) is 3.87. The number of rotatable bonds is 2. The van der Waals surface area contributed by atoms with Crippen LogP contribution in [0.2, 0.25) is 0 Å². The first-order chi connectivity index (χ1) is 8.86. The minimum absolute atomic E-state index is 0.158. The van der Waals surface area contributed by atoms with E-state index in [1.165, 1.54) is 0 Å². The van der Waals surface area contributed by atoms with Crippen molar-refractivity contribution in [1.29, 1.82) is 0 Å². The molecule has 3 heterocycles. The summed E-state index contributed by atoms with van der Waals surface area (Å²) >= 11 is 0. The molecular formula is C13H19N3O2. The van der Waals surface area contributed by atoms with Crippen LogP contribution >= 0.6 is 0 Å². The first-order valence-electron chi connectivity index (χ1n) is 6.77. The lowest BCUT2D eigenvalue weighted by molar-refractivity contribution is -0.147. The van der Waals surface area contributed by atoms with Crippen LogP contribution in [-0.4, -0.2) is 40.3 Å². The number of aromatic nitrogens is 2. The van der Waals surface area contributed by atoms with Crippen molar-refractivity contribution < 1.29 is 9.53 Å². The minimum atomic E-state index is -0.220. The zero-order chi connectivity index (χ0) is 12.4. The molecule has 2 atom stereocenters. The Kier molecular flexibility index (Phi) is 3.32. The van der Waals surface area contributed by atoms with Crippen LogP contribution in [0.1, 0.15) is 43.8 Å². The molecule has 3 rings (SSSR count). The van der Waals surface area contributed by atoms with Gasteiger partial charge in [0.25, 0.3) is 5.91 Å². The fourth-order valence-corrected chi connectivity index (χ4v) is 2.93. The van der Waals surface area contributed by atoms with Crippen LogP contribution in [0.4, 0.5) is 0 Å². The van der Waals surface area contributed by atoms with Crippen molar-refractivity contribution in [2.45, 2.75) is 44.2 Å². The SMILES string of the molecule is O=C(C1CCCCO1)N1CCCC1c1ccn[nH]1. The van der Waals surface area contributed by atoms with Crippen LogP contribution in [0, 0.1) is 0 Å². The lowest BCUT2D eigenvalue weighted by Gasteiger charge is -2.30. The number of H-pyrrole nitrogens is 1. The Morgan fingerprint density at radius 1 is 1.39 bits per heavy atom. The van der Waals surface area contributed by atoms with Gasteiger partial charge >= 0.3 is 0 Å². The summed E-state index contributed by atoms with van der Waals surface area (Å²) in [7, 11) is 0. The number of carbonyl (C=O) groups is 1. The Hall–Kier alpha value is -1.36. The molecule has 18 heavy (non-hydrogen) atoms. The molecule has 0 spiro atoms. The highest BCUT2D eigenvalue weighted by Crippen LogP contribution is 2.32. The first kappa shape index (κ1) is 11.7. The van der Waals surface area contributed by atoms with Gasteiger partial charge in [0, 0.05) is 19.3 Å². The van der Waals surface area contributed by atoms with Gasteiger partial charge in [0.05, 0.1) is 11.7 Å². The van der Waals surface area contributed by atoms with Gasteiger partial charge in [0.1, 0.15) is 6.10 Å². The molecule has 0 bridgehead atoms. The van der Waals surface area contributed by atoms with Crippen molar-refractivity contribution in [3.8, 4) is 0 Å². The predicted molar refractivity (Wildman–Crippen MR) is 65.9 cm³/mol. The lowest BCUT2D eigenvalue weighted by Crippen LogP contribution is -2.41. The van der Waals surface area contributed by atoms with E-state index >= 15 is 0 Å². The van der Waals surface area contributed by atoms with Gasteiger partial charge in [-0.2, -0.15) is 5.10 Å². The molecule has 2 aliphatic rings. The number of carbonyl (C=O) groups excluding carboxylic acids is 1. The van der Waals surface area contributed by atoms with Gasteiger partial charge in [0.15, 0.2) is 0 Å². The number of amides is 1. The summed E-state index contributed by atoms with van der Waals surface area (Å²) in [5.41, 5.74) is 1.04. The van der Waals surface area contributed by atoms with Crippen molar-refractivity contribution in [3.05, 3.63) is 18.0 Å². The largest absolute Gasteiger partial charge is 0.368 e. The van der Waals surface area contributed by atoms with E-state index in [4.69, 9.17) is 4.74 Å². The Balaban J connectivity index is 1.72. The predicted octanol–water partition coefficient (Wildman–Crippen LogP) is 1.64. The molecule has 1 aromatic rings. The number of nitrogens with one attached hydrogen (secondary N) is 1. The lowest BCUT2D eigenvalue weighted by atomic mass is 10.1. The van der Waals surface area contributed by atoms with E-state index < -0.39 is 0 Å². The number of aromatic amines is 1. The van der Waals surface area contributed by atoms with Gasteiger partial charge in [-0.15, -0.1) is 0 Å². The zero-order valence-electron chi connectivity index (χ0n) is 10.5. The van der Waals surface area contributed by atoms with Gasteiger partial charge in [-0.05, 0) is 38.2 Å². The molecule has 2 aliphatic heterocycles. The van der Waals surface area contributed by atoms with Crippen LogP contribution in [0.25, 0.3) is 0 Å². The average molecular weight is 249 g/mol. The number of hydrogen-bond donors (Lipinski definition) is 1. The monoisotopic (exact) mass is 249 g/mol. The topological polar surface area (TPSA) is 58.2 Å². The third-order valence-corrected chi connectivity index (χ3v) is 3.87. The standard InChI is InChI=1S/C13H19N3O2/c17-13(12-5-1-2-9-18-12)16-8-3-4-11(16)10-6-7-14-15-10/h6-7,11-12H,1-5,8-9H2,(H,14,15). The van der Waals surface area contributed by atoms with E-state index in [0.717, 1.165) is 50.9 Å². The van der Waals surface area contributed by atoms with Crippen molar-refractivity contribution >= 4 is 5.91 Å². The summed E-state index contributed by atoms with van der Waals surface area (Å²) in [6.07, 6.45) is 6.64. The van der Waals surface area contributed by atoms with Crippen LogP contribution in [-0.2, 0) is 9.53 Å². The Morgan fingerprint density at radius 2 is 2.33 bits per heavy atom. The molecule has 1 aromatic heterocycles. The molecule has 2 saturated heterocycles.